The normalized spacial score (nSPS) is 41.0. The van der Waals surface area contributed by atoms with Crippen molar-refractivity contribution in [3.05, 3.63) is 0 Å². The molecule has 1 saturated heterocycles. The molecule has 1 aliphatic heterocycles. The Labute approximate surface area is 79.7 Å². The minimum Gasteiger partial charge on any atom is -0.367 e. The van der Waals surface area contributed by atoms with E-state index in [0.29, 0.717) is 11.7 Å². The fourth-order valence-electron chi connectivity index (χ4n) is 2.62. The van der Waals surface area contributed by atoms with E-state index in [9.17, 15) is 4.79 Å². The molecule has 1 spiro atoms. The van der Waals surface area contributed by atoms with Crippen LogP contribution in [0.5, 0.6) is 0 Å². The second-order valence-corrected chi connectivity index (χ2v) is 4.57. The first kappa shape index (κ1) is 9.20. The maximum absolute atomic E-state index is 11.8. The van der Waals surface area contributed by atoms with Gasteiger partial charge in [-0.3, -0.25) is 4.79 Å². The Bertz CT molecular complexity index is 204. The number of hydrogen-bond acceptors (Lipinski definition) is 2. The summed E-state index contributed by atoms with van der Waals surface area (Å²) >= 11 is 0. The summed E-state index contributed by atoms with van der Waals surface area (Å²) < 4.78 is 5.74. The highest BCUT2D eigenvalue weighted by molar-refractivity contribution is 5.88. The molecular weight excluding hydrogens is 164 g/mol. The molecule has 0 amide bonds. The van der Waals surface area contributed by atoms with E-state index in [1.54, 1.807) is 0 Å². The van der Waals surface area contributed by atoms with E-state index in [-0.39, 0.29) is 5.60 Å². The summed E-state index contributed by atoms with van der Waals surface area (Å²) in [6.07, 6.45) is 6.02. The third kappa shape index (κ3) is 1.64. The molecule has 0 radical (unpaired) electrons. The molecule has 2 heteroatoms. The Morgan fingerprint density at radius 1 is 1.46 bits per heavy atom. The van der Waals surface area contributed by atoms with Crippen molar-refractivity contribution in [1.82, 2.24) is 0 Å². The van der Waals surface area contributed by atoms with Crippen LogP contribution in [0.2, 0.25) is 0 Å². The highest BCUT2D eigenvalue weighted by Crippen LogP contribution is 2.38. The first-order valence-corrected chi connectivity index (χ1v) is 5.40. The molecule has 13 heavy (non-hydrogen) atoms. The van der Waals surface area contributed by atoms with Crippen molar-refractivity contribution in [1.29, 1.82) is 0 Å². The van der Waals surface area contributed by atoms with Crippen LogP contribution in [-0.4, -0.2) is 18.0 Å². The molecule has 2 rings (SSSR count). The minimum atomic E-state index is -0.351. The van der Waals surface area contributed by atoms with Gasteiger partial charge in [0, 0.05) is 13.0 Å². The molecular formula is C11H18O2. The Kier molecular flexibility index (Phi) is 2.41. The molecule has 2 fully saturated rings. The van der Waals surface area contributed by atoms with Crippen molar-refractivity contribution >= 4 is 5.78 Å². The topological polar surface area (TPSA) is 26.3 Å². The van der Waals surface area contributed by atoms with Gasteiger partial charge < -0.3 is 4.74 Å². The summed E-state index contributed by atoms with van der Waals surface area (Å²) in [6.45, 7) is 3.02. The van der Waals surface area contributed by atoms with Gasteiger partial charge in [-0.05, 0) is 38.0 Å². The lowest BCUT2D eigenvalue weighted by molar-refractivity contribution is -0.159. The summed E-state index contributed by atoms with van der Waals surface area (Å²) in [5.74, 6) is 1.03. The van der Waals surface area contributed by atoms with Crippen molar-refractivity contribution in [3.63, 3.8) is 0 Å². The van der Waals surface area contributed by atoms with Crippen LogP contribution in [0.3, 0.4) is 0 Å². The molecule has 2 nitrogen and oxygen atoms in total. The molecule has 0 N–H and O–H groups in total. The van der Waals surface area contributed by atoms with Gasteiger partial charge in [-0.1, -0.05) is 6.92 Å². The fourth-order valence-corrected chi connectivity index (χ4v) is 2.62. The van der Waals surface area contributed by atoms with Gasteiger partial charge in [0.2, 0.25) is 0 Å². The molecule has 2 atom stereocenters. The molecule has 1 saturated carbocycles. The highest BCUT2D eigenvalue weighted by atomic mass is 16.5. The number of rotatable bonds is 0. The van der Waals surface area contributed by atoms with Gasteiger partial charge in [0.15, 0.2) is 5.78 Å². The van der Waals surface area contributed by atoms with Gasteiger partial charge >= 0.3 is 0 Å². The first-order valence-electron chi connectivity index (χ1n) is 5.40. The monoisotopic (exact) mass is 182 g/mol. The van der Waals surface area contributed by atoms with Crippen LogP contribution in [0.4, 0.5) is 0 Å². The molecule has 0 aromatic rings. The number of Topliss-reactive ketones (excluding diaryl/α,β-unsaturated/α-hetero) is 1. The summed E-state index contributed by atoms with van der Waals surface area (Å²) in [4.78, 5) is 11.8. The van der Waals surface area contributed by atoms with Crippen molar-refractivity contribution in [2.75, 3.05) is 6.61 Å². The molecule has 2 aliphatic rings. The van der Waals surface area contributed by atoms with E-state index >= 15 is 0 Å². The zero-order chi connectivity index (χ0) is 9.31. The lowest BCUT2D eigenvalue weighted by atomic mass is 9.74. The molecule has 1 aliphatic carbocycles. The maximum atomic E-state index is 11.8. The summed E-state index contributed by atoms with van der Waals surface area (Å²) in [5, 5.41) is 0. The third-order valence-corrected chi connectivity index (χ3v) is 3.40. The maximum Gasteiger partial charge on any atom is 0.164 e. The SMILES string of the molecule is C[C@H]1CCC(=O)[C@@]2(CCCCO2)C1. The highest BCUT2D eigenvalue weighted by Gasteiger charge is 2.43. The van der Waals surface area contributed by atoms with Crippen LogP contribution in [0.25, 0.3) is 0 Å². The Balaban J connectivity index is 2.11. The lowest BCUT2D eigenvalue weighted by Crippen LogP contribution is -2.48. The van der Waals surface area contributed by atoms with Gasteiger partial charge in [-0.2, -0.15) is 0 Å². The van der Waals surface area contributed by atoms with Gasteiger partial charge in [-0.25, -0.2) is 0 Å². The Hall–Kier alpha value is -0.370. The van der Waals surface area contributed by atoms with E-state index in [0.717, 1.165) is 38.7 Å². The van der Waals surface area contributed by atoms with Crippen LogP contribution in [-0.2, 0) is 9.53 Å². The van der Waals surface area contributed by atoms with E-state index < -0.39 is 0 Å². The second kappa shape index (κ2) is 3.41. The second-order valence-electron chi connectivity index (χ2n) is 4.57. The van der Waals surface area contributed by atoms with Crippen molar-refractivity contribution in [3.8, 4) is 0 Å². The summed E-state index contributed by atoms with van der Waals surface area (Å²) in [6, 6.07) is 0. The van der Waals surface area contributed by atoms with Crippen molar-refractivity contribution in [2.45, 2.75) is 51.0 Å². The average molecular weight is 182 g/mol. The largest absolute Gasteiger partial charge is 0.367 e. The van der Waals surface area contributed by atoms with Gasteiger partial charge in [0.25, 0.3) is 0 Å². The zero-order valence-electron chi connectivity index (χ0n) is 8.34. The zero-order valence-corrected chi connectivity index (χ0v) is 8.34. The van der Waals surface area contributed by atoms with Crippen LogP contribution in [0.1, 0.15) is 45.4 Å². The van der Waals surface area contributed by atoms with Gasteiger partial charge in [-0.15, -0.1) is 0 Å². The van der Waals surface area contributed by atoms with Gasteiger partial charge in [0.1, 0.15) is 5.60 Å². The van der Waals surface area contributed by atoms with E-state index in [2.05, 4.69) is 6.92 Å². The van der Waals surface area contributed by atoms with Gasteiger partial charge in [0.05, 0.1) is 0 Å². The van der Waals surface area contributed by atoms with Crippen LogP contribution >= 0.6 is 0 Å². The summed E-state index contributed by atoms with van der Waals surface area (Å²) in [5.41, 5.74) is -0.351. The quantitative estimate of drug-likeness (QED) is 0.574. The molecule has 0 aromatic heterocycles. The molecule has 74 valence electrons. The predicted molar refractivity (Wildman–Crippen MR) is 50.6 cm³/mol. The van der Waals surface area contributed by atoms with E-state index in [1.165, 1.54) is 6.42 Å². The molecule has 0 unspecified atom stereocenters. The smallest absolute Gasteiger partial charge is 0.164 e. The minimum absolute atomic E-state index is 0.351. The third-order valence-electron chi connectivity index (χ3n) is 3.40. The number of carbonyl (C=O) groups is 1. The van der Waals surface area contributed by atoms with E-state index in [1.807, 2.05) is 0 Å². The number of carbonyl (C=O) groups excluding carboxylic acids is 1. The number of hydrogen-bond donors (Lipinski definition) is 0. The van der Waals surface area contributed by atoms with E-state index in [4.69, 9.17) is 4.74 Å². The molecule has 0 bridgehead atoms. The van der Waals surface area contributed by atoms with Crippen LogP contribution in [0, 0.1) is 5.92 Å². The predicted octanol–water partition coefficient (Wildman–Crippen LogP) is 2.31. The van der Waals surface area contributed by atoms with Crippen LogP contribution in [0.15, 0.2) is 0 Å². The standard InChI is InChI=1S/C11H18O2/c1-9-4-5-10(12)11(8-9)6-2-3-7-13-11/h9H,2-8H2,1H3/t9-,11+/m0/s1. The Morgan fingerprint density at radius 3 is 3.00 bits per heavy atom. The first-order chi connectivity index (χ1) is 6.23. The van der Waals surface area contributed by atoms with Crippen molar-refractivity contribution in [2.24, 2.45) is 5.92 Å². The van der Waals surface area contributed by atoms with Crippen molar-refractivity contribution < 1.29 is 9.53 Å². The number of ketones is 1. The van der Waals surface area contributed by atoms with Crippen LogP contribution < -0.4 is 0 Å². The Morgan fingerprint density at radius 2 is 2.31 bits per heavy atom. The number of ether oxygens (including phenoxy) is 1. The molecule has 0 aromatic carbocycles. The average Bonchev–Trinajstić information content (AvgIpc) is 2.14. The fraction of sp³-hybridized carbons (Fsp3) is 0.909. The molecule has 1 heterocycles. The lowest BCUT2D eigenvalue weighted by Gasteiger charge is -2.41. The summed E-state index contributed by atoms with van der Waals surface area (Å²) in [7, 11) is 0.